The van der Waals surface area contributed by atoms with Crippen LogP contribution in [0.2, 0.25) is 0 Å². The Bertz CT molecular complexity index is 4850. The predicted molar refractivity (Wildman–Crippen MR) is 622 cm³/mol. The Hall–Kier alpha value is -13.0. The number of H-pyrrole nitrogens is 3. The molecular weight excluding hydrogens is 1810 g/mol. The van der Waals surface area contributed by atoms with Crippen molar-refractivity contribution in [3.63, 3.8) is 0 Å². The van der Waals surface area contributed by atoms with Crippen molar-refractivity contribution >= 4 is 120 Å². The van der Waals surface area contributed by atoms with E-state index in [0.717, 1.165) is 137 Å². The van der Waals surface area contributed by atoms with Crippen LogP contribution in [0.4, 0.5) is 0 Å². The summed E-state index contributed by atoms with van der Waals surface area (Å²) in [6.07, 6.45) is 23.2. The molecule has 12 aromatic heterocycles. The Morgan fingerprint density at radius 3 is 1.19 bits per heavy atom. The number of nitrogens with one attached hydrogen (secondary N) is 3. The summed E-state index contributed by atoms with van der Waals surface area (Å²) in [5.74, 6) is 10.3. The highest BCUT2D eigenvalue weighted by Gasteiger charge is 2.08. The molecule has 0 saturated heterocycles. The molecule has 0 bridgehead atoms. The summed E-state index contributed by atoms with van der Waals surface area (Å²) in [5.41, 5.74) is 8.96. The molecule has 0 aliphatic carbocycles. The maximum Gasteiger partial charge on any atom is 0.198 e. The number of imidazole rings is 1. The number of oxazole rings is 2. The van der Waals surface area contributed by atoms with Gasteiger partial charge in [0, 0.05) is 55.5 Å². The van der Waals surface area contributed by atoms with Crippen LogP contribution in [0.25, 0.3) is 97.0 Å². The molecule has 3 N–H and O–H groups in total. The monoisotopic (exact) mass is 1980 g/mol. The van der Waals surface area contributed by atoms with E-state index in [0.29, 0.717) is 5.92 Å². The van der Waals surface area contributed by atoms with Crippen molar-refractivity contribution in [2.24, 2.45) is 65.1 Å². The molecule has 0 amide bonds. The lowest BCUT2D eigenvalue weighted by Gasteiger charge is -1.93. The van der Waals surface area contributed by atoms with Crippen LogP contribution < -0.4 is 0 Å². The second-order valence-corrected chi connectivity index (χ2v) is 41.6. The Kier molecular flexibility index (Phi) is 79.1. The van der Waals surface area contributed by atoms with E-state index in [-0.39, 0.29) is 0 Å². The number of aromatic amines is 3. The number of hydrogen-bond donors (Lipinski definition) is 3. The second-order valence-electron chi connectivity index (χ2n) is 39.8. The number of thiophene rings is 1. The lowest BCUT2D eigenvalue weighted by Crippen LogP contribution is -1.84. The third-order valence-electron chi connectivity index (χ3n) is 13.6. The van der Waals surface area contributed by atoms with Crippen molar-refractivity contribution < 1.29 is 31.2 Å². The number of rotatable bonds is 1. The topological polar surface area (TPSA) is 242 Å². The van der Waals surface area contributed by atoms with Gasteiger partial charge in [-0.2, -0.15) is 9.47 Å². The highest BCUT2D eigenvalue weighted by Crippen LogP contribution is 2.22. The van der Waals surface area contributed by atoms with E-state index in [1.807, 2.05) is 207 Å². The molecule has 0 unspecified atom stereocenters. The van der Waals surface area contributed by atoms with Crippen LogP contribution >= 0.6 is 22.9 Å². The predicted octanol–water partition coefficient (Wildman–Crippen LogP) is 40.4. The summed E-state index contributed by atoms with van der Waals surface area (Å²) >= 11 is 3.32. The van der Waals surface area contributed by atoms with Gasteiger partial charge in [-0.05, 0) is 208 Å². The zero-order chi connectivity index (χ0) is 107. The van der Waals surface area contributed by atoms with Gasteiger partial charge >= 0.3 is 0 Å². The number of para-hydroxylation sites is 8. The summed E-state index contributed by atoms with van der Waals surface area (Å²) in [4.78, 5) is 18.1. The van der Waals surface area contributed by atoms with Gasteiger partial charge in [-0.1, -0.05) is 397 Å². The van der Waals surface area contributed by atoms with E-state index in [2.05, 4.69) is 377 Å². The average Bonchev–Trinajstić information content (AvgIpc) is 1.69. The van der Waals surface area contributed by atoms with Gasteiger partial charge in [-0.25, -0.2) is 15.0 Å². The molecule has 778 valence electrons. The largest absolute Gasteiger partial charge is 0.473 e. The van der Waals surface area contributed by atoms with E-state index in [4.69, 9.17) is 17.9 Å². The maximum atomic E-state index is 5.52. The van der Waals surface area contributed by atoms with Crippen LogP contribution in [-0.4, -0.2) is 55.0 Å². The first-order valence-corrected chi connectivity index (χ1v) is 51.7. The molecule has 0 saturated carbocycles. The number of benzene rings is 9. The van der Waals surface area contributed by atoms with E-state index >= 15 is 0 Å². The highest BCUT2D eigenvalue weighted by atomic mass is 32.1. The summed E-state index contributed by atoms with van der Waals surface area (Å²) in [6.45, 7) is 75.6. The van der Waals surface area contributed by atoms with Crippen LogP contribution in [-0.2, 0) is 0 Å². The number of furan rings is 2. The smallest absolute Gasteiger partial charge is 0.198 e. The molecular formula is C123H177N11O7S2. The molecule has 0 aliphatic heterocycles. The second kappa shape index (κ2) is 85.7. The number of fused-ring (bicyclic) bond motifs is 9. The Balaban J connectivity index is 0. The van der Waals surface area contributed by atoms with Crippen molar-refractivity contribution in [1.29, 1.82) is 0 Å². The quantitative estimate of drug-likeness (QED) is 0.138. The van der Waals surface area contributed by atoms with Gasteiger partial charge in [0.25, 0.3) is 0 Å². The molecule has 21 aromatic rings. The fraction of sp³-hybridized carbons (Fsp3) is 0.382. The van der Waals surface area contributed by atoms with Gasteiger partial charge in [-0.3, -0.25) is 5.10 Å². The molecule has 0 spiro atoms. The van der Waals surface area contributed by atoms with Crippen molar-refractivity contribution in [3.05, 3.63) is 354 Å². The van der Waals surface area contributed by atoms with Gasteiger partial charge in [0.15, 0.2) is 23.5 Å². The fourth-order valence-electron chi connectivity index (χ4n) is 8.72. The lowest BCUT2D eigenvalue weighted by atomic mass is 10.2. The van der Waals surface area contributed by atoms with Crippen LogP contribution in [0, 0.1) is 65.1 Å². The van der Waals surface area contributed by atoms with Crippen LogP contribution in [0.3, 0.4) is 0 Å². The van der Waals surface area contributed by atoms with Crippen LogP contribution in [0.5, 0.6) is 0 Å². The number of nitrogens with zero attached hydrogens (tertiary/aromatic N) is 8. The number of aromatic nitrogens is 11. The minimum atomic E-state index is 0.359. The molecule has 0 fully saturated rings. The standard InChI is InChI=1S/C10H11NO.C8H7N.C8H6O.C8H6S.2C7H6N2.2C7H5NO.C7H5NS.C4H4O.11C4H10.2C3H3NO/c1-7(2)10-11-8-5-3-4-6-9(8)12-10;3*1-2-4-8-7(3-1)5-6-9-8;1-2-4-7-6(3-1)8-5-9-7;1-2-4-7-6(3-1)5-8-9-7;1-2-4-7-6(3-1)5-9-8-7;2*1-2-4-7-6(3-1)5-8-9-7;1-2-4-5-3-1;11*1-4(2)3;1-2-5-3-4-1;1-2-4-5-3-1/h3-7H,1-2H3;1-6,9H;2*1-6H;2*1-5H,(H,8,9);3*1-5H;1-4H;11*4H,1-3H3;2*1-3H. The third-order valence-corrected chi connectivity index (χ3v) is 15.3. The van der Waals surface area contributed by atoms with Gasteiger partial charge in [0.1, 0.15) is 35.4 Å². The lowest BCUT2D eigenvalue weighted by molar-refractivity contribution is 0.420. The van der Waals surface area contributed by atoms with E-state index < -0.39 is 0 Å². The SMILES string of the molecule is CC(C)C.CC(C)C.CC(C)C.CC(C)C.CC(C)C.CC(C)C.CC(C)C.CC(C)C.CC(C)C.CC(C)C.CC(C)C.CC(C)c1nc2ccccc2o1.c1ccc2[nH]ccc2c1.c1ccc2[nH]cnc2c1.c1ccc2[nH]ncc2c1.c1ccc2nocc2c1.c1ccc2occc2c1.c1ccc2oncc2c1.c1ccc2sccc2c1.c1ccc2sncc2c1.c1ccoc1.c1cnoc1.c1cocn1. The summed E-state index contributed by atoms with van der Waals surface area (Å²) < 4.78 is 40.3. The van der Waals surface area contributed by atoms with E-state index in [9.17, 15) is 0 Å². The minimum Gasteiger partial charge on any atom is -0.473 e. The zero-order valence-corrected chi connectivity index (χ0v) is 94.7. The Morgan fingerprint density at radius 1 is 0.301 bits per heavy atom. The van der Waals surface area contributed by atoms with E-state index in [1.54, 1.807) is 67.4 Å². The van der Waals surface area contributed by atoms with Crippen molar-refractivity contribution in [3.8, 4) is 0 Å². The minimum absolute atomic E-state index is 0.359. The normalized spacial score (nSPS) is 9.70. The summed E-state index contributed by atoms with van der Waals surface area (Å²) in [7, 11) is 0. The van der Waals surface area contributed by atoms with Crippen LogP contribution in [0.15, 0.2) is 379 Å². The summed E-state index contributed by atoms with van der Waals surface area (Å²) in [5, 5.41) is 27.9. The van der Waals surface area contributed by atoms with Crippen LogP contribution in [0.1, 0.15) is 254 Å². The average molecular weight is 1990 g/mol. The molecule has 20 heteroatoms. The van der Waals surface area contributed by atoms with Gasteiger partial charge in [0.2, 0.25) is 0 Å². The van der Waals surface area contributed by atoms with E-state index in [1.165, 1.54) is 61.5 Å². The van der Waals surface area contributed by atoms with Crippen molar-refractivity contribution in [2.75, 3.05) is 0 Å². The van der Waals surface area contributed by atoms with Crippen molar-refractivity contribution in [1.82, 2.24) is 55.0 Å². The molecule has 0 radical (unpaired) electrons. The molecule has 0 aliphatic rings. The maximum absolute atomic E-state index is 5.52. The Morgan fingerprint density at radius 2 is 0.755 bits per heavy atom. The first-order chi connectivity index (χ1) is 68.1. The molecule has 143 heavy (non-hydrogen) atoms. The van der Waals surface area contributed by atoms with Crippen molar-refractivity contribution in [2.45, 2.75) is 248 Å². The van der Waals surface area contributed by atoms with Gasteiger partial charge in [-0.15, -0.1) is 11.3 Å². The third kappa shape index (κ3) is 80.2. The zero-order valence-electron chi connectivity index (χ0n) is 93.1. The molecule has 21 rings (SSSR count). The first kappa shape index (κ1) is 132. The van der Waals surface area contributed by atoms with Gasteiger partial charge < -0.3 is 41.2 Å². The fourth-order valence-corrected chi connectivity index (χ4v) is 10.2. The molecule has 18 nitrogen and oxygen atoms in total. The number of hydrogen-bond acceptors (Lipinski definition) is 17. The highest BCUT2D eigenvalue weighted by molar-refractivity contribution is 7.17. The van der Waals surface area contributed by atoms with Gasteiger partial charge in [0.05, 0.1) is 71.2 Å². The molecule has 9 aromatic carbocycles. The molecule has 12 heterocycles. The Labute approximate surface area is 867 Å². The molecule has 0 atom stereocenters. The summed E-state index contributed by atoms with van der Waals surface area (Å²) in [6, 6.07) is 83.6. The first-order valence-electron chi connectivity index (χ1n) is 50.1.